The number of hydrogen-bond acceptors (Lipinski definition) is 4. The first-order valence-electron chi connectivity index (χ1n) is 10.0. The van der Waals surface area contributed by atoms with Gasteiger partial charge in [0.25, 0.3) is 5.56 Å². The molecule has 3 heterocycles. The Labute approximate surface area is 164 Å². The van der Waals surface area contributed by atoms with Gasteiger partial charge in [0.2, 0.25) is 11.8 Å². The molecule has 0 radical (unpaired) electrons. The summed E-state index contributed by atoms with van der Waals surface area (Å²) in [6, 6.07) is 2.58. The highest BCUT2D eigenvalue weighted by atomic mass is 16.3. The van der Waals surface area contributed by atoms with E-state index in [1.807, 2.05) is 19.1 Å². The molecule has 0 unspecified atom stereocenters. The maximum atomic E-state index is 12.9. The van der Waals surface area contributed by atoms with E-state index < -0.39 is 12.0 Å². The third-order valence-corrected chi connectivity index (χ3v) is 6.35. The van der Waals surface area contributed by atoms with Gasteiger partial charge >= 0.3 is 0 Å². The molecular weight excluding hydrogens is 358 g/mol. The van der Waals surface area contributed by atoms with Crippen LogP contribution in [-0.2, 0) is 16.1 Å². The zero-order chi connectivity index (χ0) is 20.0. The van der Waals surface area contributed by atoms with Gasteiger partial charge in [-0.25, -0.2) is 0 Å². The van der Waals surface area contributed by atoms with E-state index in [0.717, 1.165) is 18.5 Å². The standard InChI is InChI=1S/C21H27N3O4/c1-3-4-14-7-8-17-18-15(10-23(17)21(14)28)16(11-25)19(24(18)12(2)26)20(27)22-9-13-5-6-13/h3-4,7-8,13,15-16,18-19,25H,5-6,9-11H2,1-2H3,(H,22,27)/b4-3-/t15-,16-,18+,19-/m0/s1. The van der Waals surface area contributed by atoms with Gasteiger partial charge in [0.1, 0.15) is 6.04 Å². The molecular formula is C21H27N3O4. The van der Waals surface area contributed by atoms with Crippen LogP contribution in [0.3, 0.4) is 0 Å². The Hall–Kier alpha value is -2.41. The number of nitrogens with one attached hydrogen (secondary N) is 1. The second kappa shape index (κ2) is 7.20. The zero-order valence-corrected chi connectivity index (χ0v) is 16.3. The number of allylic oxidation sites excluding steroid dienone is 1. The first-order chi connectivity index (χ1) is 13.5. The monoisotopic (exact) mass is 385 g/mol. The highest BCUT2D eigenvalue weighted by Crippen LogP contribution is 2.49. The smallest absolute Gasteiger partial charge is 0.258 e. The molecule has 4 rings (SSSR count). The molecule has 2 aliphatic heterocycles. The molecule has 0 bridgehead atoms. The van der Waals surface area contributed by atoms with Crippen molar-refractivity contribution in [1.82, 2.24) is 14.8 Å². The third-order valence-electron chi connectivity index (χ3n) is 6.35. The van der Waals surface area contributed by atoms with Gasteiger partial charge in [-0.3, -0.25) is 14.4 Å². The fourth-order valence-electron chi connectivity index (χ4n) is 4.84. The molecule has 28 heavy (non-hydrogen) atoms. The highest BCUT2D eigenvalue weighted by Gasteiger charge is 2.56. The van der Waals surface area contributed by atoms with E-state index in [9.17, 15) is 19.5 Å². The van der Waals surface area contributed by atoms with Crippen LogP contribution in [0.1, 0.15) is 44.0 Å². The highest BCUT2D eigenvalue weighted by molar-refractivity contribution is 5.88. The van der Waals surface area contributed by atoms with Crippen LogP contribution in [0.4, 0.5) is 0 Å². The summed E-state index contributed by atoms with van der Waals surface area (Å²) >= 11 is 0. The fourth-order valence-corrected chi connectivity index (χ4v) is 4.84. The SMILES string of the molecule is C/C=C\c1ccc2n(c1=O)C[C@H]1[C@H](CO)[C@@H](C(=O)NCC3CC3)N(C(C)=O)[C@@H]21. The molecule has 0 spiro atoms. The lowest BCUT2D eigenvalue weighted by molar-refractivity contribution is -0.140. The van der Waals surface area contributed by atoms with Crippen LogP contribution in [0.15, 0.2) is 23.0 Å². The molecule has 1 saturated carbocycles. The molecule has 150 valence electrons. The van der Waals surface area contributed by atoms with Crippen molar-refractivity contribution < 1.29 is 14.7 Å². The molecule has 1 aromatic rings. The van der Waals surface area contributed by atoms with E-state index in [0.29, 0.717) is 24.6 Å². The lowest BCUT2D eigenvalue weighted by atomic mass is 9.88. The van der Waals surface area contributed by atoms with Crippen LogP contribution in [0.2, 0.25) is 0 Å². The predicted octanol–water partition coefficient (Wildman–Crippen LogP) is 0.918. The Kier molecular flexibility index (Phi) is 4.87. The lowest BCUT2D eigenvalue weighted by Gasteiger charge is -2.30. The first kappa shape index (κ1) is 18.9. The topological polar surface area (TPSA) is 91.6 Å². The van der Waals surface area contributed by atoms with E-state index in [4.69, 9.17) is 0 Å². The molecule has 2 amide bonds. The number of hydrogen-bond donors (Lipinski definition) is 2. The molecule has 7 nitrogen and oxygen atoms in total. The minimum absolute atomic E-state index is 0.0973. The van der Waals surface area contributed by atoms with Crippen molar-refractivity contribution in [2.45, 2.75) is 45.3 Å². The molecule has 7 heteroatoms. The fraction of sp³-hybridized carbons (Fsp3) is 0.571. The molecule has 2 fully saturated rings. The van der Waals surface area contributed by atoms with Gasteiger partial charge in [0.05, 0.1) is 6.04 Å². The Bertz CT molecular complexity index is 886. The van der Waals surface area contributed by atoms with Crippen molar-refractivity contribution in [2.75, 3.05) is 13.2 Å². The van der Waals surface area contributed by atoms with Crippen molar-refractivity contribution in [3.63, 3.8) is 0 Å². The normalized spacial score (nSPS) is 28.5. The second-order valence-corrected chi connectivity index (χ2v) is 8.14. The van der Waals surface area contributed by atoms with Gasteiger partial charge in [-0.1, -0.05) is 12.2 Å². The van der Waals surface area contributed by atoms with E-state index in [1.54, 1.807) is 21.6 Å². The molecule has 1 saturated heterocycles. The van der Waals surface area contributed by atoms with Crippen LogP contribution in [0.25, 0.3) is 6.08 Å². The summed E-state index contributed by atoms with van der Waals surface area (Å²) in [5, 5.41) is 13.1. The van der Waals surface area contributed by atoms with Crippen LogP contribution in [0, 0.1) is 17.8 Å². The van der Waals surface area contributed by atoms with Gasteiger partial charge in [-0.15, -0.1) is 0 Å². The molecule has 0 aromatic carbocycles. The largest absolute Gasteiger partial charge is 0.396 e. The van der Waals surface area contributed by atoms with Crippen LogP contribution in [-0.4, -0.2) is 45.6 Å². The number of pyridine rings is 1. The number of rotatable bonds is 5. The van der Waals surface area contributed by atoms with E-state index in [-0.39, 0.29) is 35.9 Å². The average Bonchev–Trinajstić information content (AvgIpc) is 3.33. The quantitative estimate of drug-likeness (QED) is 0.788. The van der Waals surface area contributed by atoms with E-state index in [2.05, 4.69) is 5.32 Å². The minimum Gasteiger partial charge on any atom is -0.396 e. The van der Waals surface area contributed by atoms with Gasteiger partial charge in [0.15, 0.2) is 0 Å². The number of amides is 2. The molecule has 1 aliphatic carbocycles. The Balaban J connectivity index is 1.71. The number of aromatic nitrogens is 1. The van der Waals surface area contributed by atoms with Crippen LogP contribution < -0.4 is 10.9 Å². The molecule has 1 aromatic heterocycles. The number of fused-ring (bicyclic) bond motifs is 3. The lowest BCUT2D eigenvalue weighted by Crippen LogP contribution is -2.50. The number of aliphatic hydroxyl groups is 1. The predicted molar refractivity (Wildman–Crippen MR) is 104 cm³/mol. The van der Waals surface area contributed by atoms with E-state index in [1.165, 1.54) is 6.92 Å². The van der Waals surface area contributed by atoms with Crippen molar-refractivity contribution in [1.29, 1.82) is 0 Å². The van der Waals surface area contributed by atoms with Gasteiger partial charge < -0.3 is 19.9 Å². The number of nitrogens with zero attached hydrogens (tertiary/aromatic N) is 2. The zero-order valence-electron chi connectivity index (χ0n) is 16.3. The Morgan fingerprint density at radius 1 is 1.32 bits per heavy atom. The van der Waals surface area contributed by atoms with Gasteiger partial charge in [-0.2, -0.15) is 0 Å². The first-order valence-corrected chi connectivity index (χ1v) is 10.0. The molecule has 2 N–H and O–H groups in total. The average molecular weight is 385 g/mol. The molecule has 4 atom stereocenters. The summed E-state index contributed by atoms with van der Waals surface area (Å²) in [5.41, 5.74) is 1.24. The van der Waals surface area contributed by atoms with Crippen LogP contribution >= 0.6 is 0 Å². The van der Waals surface area contributed by atoms with E-state index >= 15 is 0 Å². The Morgan fingerprint density at radius 2 is 2.07 bits per heavy atom. The van der Waals surface area contributed by atoms with Crippen molar-refractivity contribution >= 4 is 17.9 Å². The number of aliphatic hydroxyl groups excluding tert-OH is 1. The minimum atomic E-state index is -0.699. The summed E-state index contributed by atoms with van der Waals surface area (Å²) in [5.74, 6) is -0.421. The summed E-state index contributed by atoms with van der Waals surface area (Å²) in [4.78, 5) is 39.9. The number of carbonyl (C=O) groups excluding carboxylic acids is 2. The third kappa shape index (κ3) is 2.98. The second-order valence-electron chi connectivity index (χ2n) is 8.14. The van der Waals surface area contributed by atoms with Crippen molar-refractivity contribution in [3.05, 3.63) is 39.8 Å². The number of likely N-dealkylation sites (tertiary alicyclic amines) is 1. The van der Waals surface area contributed by atoms with Crippen LogP contribution in [0.5, 0.6) is 0 Å². The van der Waals surface area contributed by atoms with Crippen molar-refractivity contribution in [2.24, 2.45) is 17.8 Å². The molecule has 3 aliphatic rings. The van der Waals surface area contributed by atoms with Gasteiger partial charge in [-0.05, 0) is 37.8 Å². The maximum absolute atomic E-state index is 12.9. The van der Waals surface area contributed by atoms with Gasteiger partial charge in [0, 0.05) is 49.7 Å². The summed E-state index contributed by atoms with van der Waals surface area (Å²) in [7, 11) is 0. The maximum Gasteiger partial charge on any atom is 0.258 e. The van der Waals surface area contributed by atoms with Crippen molar-refractivity contribution in [3.8, 4) is 0 Å². The number of carbonyl (C=O) groups is 2. The summed E-state index contributed by atoms with van der Waals surface area (Å²) < 4.78 is 1.70. The summed E-state index contributed by atoms with van der Waals surface area (Å²) in [6.07, 6.45) is 5.84. The summed E-state index contributed by atoms with van der Waals surface area (Å²) in [6.45, 7) is 4.14. The Morgan fingerprint density at radius 3 is 2.68 bits per heavy atom.